The van der Waals surface area contributed by atoms with Crippen molar-refractivity contribution in [3.8, 4) is 102 Å². The summed E-state index contributed by atoms with van der Waals surface area (Å²) in [5.74, 6) is -10.1. The number of aryl methyl sites for hydroxylation is 10. The molecule has 0 saturated carbocycles. The molecule has 18 nitrogen and oxygen atoms in total. The third kappa shape index (κ3) is 27.2. The SMILES string of the molecule is [2H]c1nc(-c2[c-]cc(C([2H])([2H])[2H])c([N+]#[C-])c2)n(-c2c(C([2H])([2H])[2H])cccc2C([2H])([2H])[2H])c1[2H].[2H]c1nc(-c2[c-]cc(C)c([N+]#[C-])c2)n(-c2c(C([2H])(C)C([2H])([2H])[2H])cccc2C([2H])(C)C([2H])([2H])[2H])c1[2H].[2H]c1nc(-c2[c-]cc(F)c([N+]#[C-])c2)n(-c2c(C([2H])([2H])[2H])cccc2C([2H])([2H])[2H])c1[2H].[2H]c1nc(-c2[c-]ccc([N+]#[C-])c2)n(-c2c(C([2H])(C)C([2H])([2H])[2H])cccc2C([2H])(C)C([2H])([2H])[2H])c1[2H].[2H]c1nc(-c2[c-]ccc([N+]#[C-])c2)n(-c2c(C([2H])([2H])[2H])cccc2C([2H])([2H])[2H])c1[2H].[2H]c1nc(-c2[c-]ccc([N+]#[C-])c2)n(-c2c(C)cccc2C)c1[2H].[Ir].[Ir].[Ir].[Ir].[Ir].[Ir]. The van der Waals surface area contributed by atoms with Crippen LogP contribution in [0.4, 0.5) is 38.5 Å². The van der Waals surface area contributed by atoms with Crippen LogP contribution in [0.1, 0.15) is 224 Å². The zero-order valence-electron chi connectivity index (χ0n) is 124. The van der Waals surface area contributed by atoms with Gasteiger partial charge in [0.15, 0.2) is 0 Å². The van der Waals surface area contributed by atoms with Crippen LogP contribution in [0.25, 0.3) is 132 Å². The van der Waals surface area contributed by atoms with Gasteiger partial charge in [-0.05, 0) is 145 Å². The molecule has 12 aromatic carbocycles. The first-order valence-electron chi connectivity index (χ1n) is 65.0. The van der Waals surface area contributed by atoms with Crippen molar-refractivity contribution >= 4 is 34.1 Å². The van der Waals surface area contributed by atoms with E-state index in [0.717, 1.165) is 91.6 Å². The number of imidazole rings is 6. The van der Waals surface area contributed by atoms with Gasteiger partial charge in [0.1, 0.15) is 34.1 Å². The second-order valence-electron chi connectivity index (χ2n) is 29.4. The summed E-state index contributed by atoms with van der Waals surface area (Å²) in [6, 6.07) is 63.2. The monoisotopic (exact) mass is 3000 g/mol. The van der Waals surface area contributed by atoms with Crippen LogP contribution in [-0.4, -0.2) is 57.3 Å². The molecule has 0 bridgehead atoms. The quantitative estimate of drug-likeness (QED) is 0.0885. The van der Waals surface area contributed by atoms with E-state index in [1.165, 1.54) is 140 Å². The first kappa shape index (κ1) is 62.9. The zero-order valence-corrected chi connectivity index (χ0v) is 89.9. The minimum atomic E-state index is -2.86. The van der Waals surface area contributed by atoms with Gasteiger partial charge in [-0.2, -0.15) is 30.3 Å². The van der Waals surface area contributed by atoms with Crippen LogP contribution in [-0.2, 0) is 121 Å². The largest absolute Gasteiger partial charge is 0.340 e. The Morgan fingerprint density at radius 3 is 0.783 bits per heavy atom. The number of rotatable bonds is 16. The minimum Gasteiger partial charge on any atom is -0.340 e. The van der Waals surface area contributed by atoms with Crippen molar-refractivity contribution in [3.63, 3.8) is 0 Å². The number of benzene rings is 12. The third-order valence-electron chi connectivity index (χ3n) is 20.3. The fourth-order valence-corrected chi connectivity index (χ4v) is 13.9. The van der Waals surface area contributed by atoms with Crippen molar-refractivity contribution in [1.82, 2.24) is 57.3 Å². The summed E-state index contributed by atoms with van der Waals surface area (Å²) in [6.45, 7) is 23.3. The minimum absolute atomic E-state index is 0. The van der Waals surface area contributed by atoms with Crippen LogP contribution in [0.5, 0.6) is 0 Å². The van der Waals surface area contributed by atoms with E-state index in [4.69, 9.17) is 107 Å². The normalized spacial score (nSPS) is 17.8. The number of nitrogens with zero attached hydrogens (tertiary/aromatic N) is 18. The molecule has 0 aliphatic carbocycles. The Morgan fingerprint density at radius 2 is 0.517 bits per heavy atom. The van der Waals surface area contributed by atoms with Gasteiger partial charge >= 0.3 is 0 Å². The maximum absolute atomic E-state index is 13.7. The summed E-state index contributed by atoms with van der Waals surface area (Å²) in [5.41, 5.74) is 1.17. The molecule has 143 heavy (non-hydrogen) atoms. The molecule has 0 spiro atoms. The van der Waals surface area contributed by atoms with Crippen molar-refractivity contribution in [2.45, 2.75) is 147 Å². The summed E-state index contributed by atoms with van der Waals surface area (Å²) in [4.78, 5) is 44.2. The molecule has 4 unspecified atom stereocenters. The van der Waals surface area contributed by atoms with Crippen LogP contribution in [0.15, 0.2) is 274 Å². The van der Waals surface area contributed by atoms with Crippen LogP contribution in [0.2, 0.25) is 0 Å². The molecule has 18 rings (SSSR count). The molecule has 4 atom stereocenters. The first-order chi connectivity index (χ1) is 85.7. The molecule has 732 valence electrons. The number of halogens is 1. The zero-order chi connectivity index (χ0) is 139. The van der Waals surface area contributed by atoms with Crippen LogP contribution < -0.4 is 0 Å². The molecule has 6 heterocycles. The van der Waals surface area contributed by atoms with Gasteiger partial charge in [0.25, 0.3) is 0 Å². The summed E-state index contributed by atoms with van der Waals surface area (Å²) < 4.78 is 413. The Labute approximate surface area is 990 Å². The number of hydrogen-bond donors (Lipinski definition) is 0. The van der Waals surface area contributed by atoms with Gasteiger partial charge in [0.05, 0.1) is 90.8 Å². The molecule has 0 amide bonds. The van der Waals surface area contributed by atoms with E-state index < -0.39 is 166 Å². The Balaban J connectivity index is 0.000000306. The topological polar surface area (TPSA) is 133 Å². The van der Waals surface area contributed by atoms with Gasteiger partial charge in [-0.15, -0.1) is 142 Å². The molecule has 0 N–H and O–H groups in total. The summed E-state index contributed by atoms with van der Waals surface area (Å²) >= 11 is 0. The number of aromatic nitrogens is 12. The van der Waals surface area contributed by atoms with Gasteiger partial charge in [0, 0.05) is 285 Å². The van der Waals surface area contributed by atoms with Gasteiger partial charge < -0.3 is 27.4 Å². The van der Waals surface area contributed by atoms with E-state index in [9.17, 15) is 4.39 Å². The molecule has 0 aliphatic heterocycles. The van der Waals surface area contributed by atoms with E-state index in [1.807, 2.05) is 32.0 Å². The molecule has 0 fully saturated rings. The van der Waals surface area contributed by atoms with Crippen molar-refractivity contribution in [2.24, 2.45) is 0 Å². The van der Waals surface area contributed by atoms with Gasteiger partial charge in [-0.1, -0.05) is 178 Å². The van der Waals surface area contributed by atoms with E-state index in [-0.39, 0.29) is 308 Å². The molecular weight excluding hydrogens is 2840 g/mol. The molecule has 6 radical (unpaired) electrons. The predicted octanol–water partition coefficient (Wildman–Crippen LogP) is 31.0. The average molecular weight is 2990 g/mol. The molecular formula is C118H103FIr6N18-6. The van der Waals surface area contributed by atoms with Crippen LogP contribution in [0.3, 0.4) is 0 Å². The smallest absolute Gasteiger partial charge is 0.142 e. The fourth-order valence-electron chi connectivity index (χ4n) is 13.9. The van der Waals surface area contributed by atoms with Crippen LogP contribution >= 0.6 is 0 Å². The maximum atomic E-state index is 13.7. The molecule has 18 aromatic rings. The van der Waals surface area contributed by atoms with E-state index in [0.29, 0.717) is 22.6 Å². The molecule has 0 saturated heterocycles. The second-order valence-corrected chi connectivity index (χ2v) is 29.4. The third-order valence-corrected chi connectivity index (χ3v) is 20.3. The Hall–Kier alpha value is -13.3. The van der Waals surface area contributed by atoms with Crippen LogP contribution in [0, 0.1) is 150 Å². The summed E-state index contributed by atoms with van der Waals surface area (Å²) in [5, 5.41) is 0. The van der Waals surface area contributed by atoms with Gasteiger partial charge in [-0.3, -0.25) is 63.4 Å². The van der Waals surface area contributed by atoms with Gasteiger partial charge in [0.2, 0.25) is 0 Å². The summed E-state index contributed by atoms with van der Waals surface area (Å²) in [7, 11) is 0. The van der Waals surface area contributed by atoms with Crippen molar-refractivity contribution in [2.75, 3.05) is 0 Å². The Morgan fingerprint density at radius 1 is 0.287 bits per heavy atom. The first-order valence-corrected chi connectivity index (χ1v) is 40.5. The molecule has 0 aliphatic rings. The molecule has 25 heteroatoms. The van der Waals surface area contributed by atoms with Crippen molar-refractivity contribution in [3.05, 3.63) is 463 Å². The van der Waals surface area contributed by atoms with Crippen molar-refractivity contribution < 1.29 is 192 Å². The average Bonchev–Trinajstić information content (AvgIpc) is 1.43. The Kier molecular flexibility index (Phi) is 23.9. The van der Waals surface area contributed by atoms with E-state index in [1.54, 1.807) is 29.7 Å². The maximum Gasteiger partial charge on any atom is 0.142 e. The summed E-state index contributed by atoms with van der Waals surface area (Å²) in [6.07, 6.45) is -5.25. The number of hydrogen-bond acceptors (Lipinski definition) is 6. The Bertz CT molecular complexity index is 9910. The van der Waals surface area contributed by atoms with E-state index >= 15 is 0 Å². The fraction of sp³-hybridized carbons (Fsp3) is 0.186. The second kappa shape index (κ2) is 54.2. The number of para-hydroxylation sites is 6. The van der Waals surface area contributed by atoms with Crippen molar-refractivity contribution in [1.29, 1.82) is 0 Å². The standard InChI is InChI=1S/C23H24N3.C22H22N3.C19H16N3.C18H13FN3.2C18H14N3.6Ir/c1-15(2)19-8-7-9-20(16(3)4)22(19)26-13-12-25-23(26)18-11-10-17(5)21(14-18)24-6;1-15(2)19-10-7-11-20(16(3)4)21(19)25-13-12-24-22(25)17-8-6-9-18(14-17)23-5;1-13-8-9-16(12-17(13)20-4)19-21-10-11-22(19)18-14(2)6-5-7-15(18)3;1-12-5-4-6-13(2)17(12)22-10-9-21-18(22)14-7-8-15(19)16(11-14)20-3;2*1-13-6-4-7-14(2)17(13)21-11-10-20-18(21)15-8-5-9-16(12-15)19-3;;;;;;/h7-10,12-16H,1-5H3;6-7,9-16H,1-4H3;5-8,10-12H,1-3H3;4-6,8-11H,1-2H3;2*4-7,9-12H,1-2H3;;;;;;/q6*-1;;;;;;/i2*1D3,3D3,12D,13D,15D,16D;1D3,2D3,3D3,10D,11D;1D3,2D3,9D,10D;1D3,2D3,10D,11D;10D,11D;;;;;;. The van der Waals surface area contributed by atoms with Gasteiger partial charge in [-0.25, -0.2) is 0 Å². The van der Waals surface area contributed by atoms with E-state index in [2.05, 4.69) is 95.4 Å². The molecule has 6 aromatic heterocycles. The predicted molar refractivity (Wildman–Crippen MR) is 548 cm³/mol.